The van der Waals surface area contributed by atoms with Crippen LogP contribution >= 0.6 is 15.9 Å². The van der Waals surface area contributed by atoms with Crippen molar-refractivity contribution in [3.05, 3.63) is 41.8 Å². The Morgan fingerprint density at radius 1 is 1.42 bits per heavy atom. The lowest BCUT2D eigenvalue weighted by Crippen LogP contribution is -2.04. The maximum atomic E-state index is 13.5. The van der Waals surface area contributed by atoms with Crippen molar-refractivity contribution in [1.82, 2.24) is 5.16 Å². The molecule has 1 heterocycles. The number of benzene rings is 1. The second-order valence-corrected chi connectivity index (χ2v) is 4.56. The molecule has 0 radical (unpaired) electrons. The maximum absolute atomic E-state index is 13.5. The molecule has 0 spiro atoms. The molecule has 0 saturated heterocycles. The van der Waals surface area contributed by atoms with Crippen LogP contribution in [0.2, 0.25) is 0 Å². The Labute approximate surface area is 117 Å². The van der Waals surface area contributed by atoms with Crippen LogP contribution in [-0.4, -0.2) is 16.5 Å². The van der Waals surface area contributed by atoms with Gasteiger partial charge in [0.1, 0.15) is 18.1 Å². The first-order chi connectivity index (χ1) is 9.20. The van der Waals surface area contributed by atoms with Crippen molar-refractivity contribution < 1.29 is 18.4 Å². The third kappa shape index (κ3) is 3.64. The van der Waals surface area contributed by atoms with Crippen LogP contribution in [0.15, 0.2) is 34.9 Å². The molecule has 0 aliphatic heterocycles. The summed E-state index contributed by atoms with van der Waals surface area (Å²) in [6.45, 7) is 0.0176. The lowest BCUT2D eigenvalue weighted by molar-refractivity contribution is -0.144. The van der Waals surface area contributed by atoms with Gasteiger partial charge in [0.15, 0.2) is 5.76 Å². The lowest BCUT2D eigenvalue weighted by Gasteiger charge is -1.99. The highest BCUT2D eigenvalue weighted by Crippen LogP contribution is 2.23. The van der Waals surface area contributed by atoms with E-state index in [1.54, 1.807) is 24.3 Å². The van der Waals surface area contributed by atoms with E-state index in [4.69, 9.17) is 9.26 Å². The van der Waals surface area contributed by atoms with Gasteiger partial charge in [-0.1, -0.05) is 33.2 Å². The Hall–Kier alpha value is -1.69. The number of halogens is 2. The van der Waals surface area contributed by atoms with Gasteiger partial charge >= 0.3 is 5.97 Å². The van der Waals surface area contributed by atoms with Crippen LogP contribution in [0.25, 0.3) is 11.3 Å². The first-order valence-corrected chi connectivity index (χ1v) is 6.75. The van der Waals surface area contributed by atoms with Crippen molar-refractivity contribution in [2.75, 3.05) is 5.33 Å². The minimum atomic E-state index is -0.388. The smallest absolute Gasteiger partial charge is 0.307 e. The second-order valence-electron chi connectivity index (χ2n) is 3.76. The lowest BCUT2D eigenvalue weighted by atomic mass is 10.1. The summed E-state index contributed by atoms with van der Waals surface area (Å²) in [6.07, 6.45) is 0.290. The van der Waals surface area contributed by atoms with Gasteiger partial charge < -0.3 is 9.26 Å². The van der Waals surface area contributed by atoms with E-state index in [0.29, 0.717) is 22.3 Å². The fourth-order valence-corrected chi connectivity index (χ4v) is 1.80. The standard InChI is InChI=1S/C13H11BrFNO3/c14-6-5-13(17)18-8-9-7-12(19-16-9)10-3-1-2-4-11(10)15/h1-4,7H,5-6,8H2. The average molecular weight is 328 g/mol. The predicted octanol–water partition coefficient (Wildman–Crippen LogP) is 3.31. The van der Waals surface area contributed by atoms with Crippen LogP contribution in [0.1, 0.15) is 12.1 Å². The van der Waals surface area contributed by atoms with Crippen molar-refractivity contribution in [3.8, 4) is 11.3 Å². The number of aromatic nitrogens is 1. The van der Waals surface area contributed by atoms with Crippen LogP contribution in [-0.2, 0) is 16.1 Å². The SMILES string of the molecule is O=C(CCBr)OCc1cc(-c2ccccc2F)on1. The van der Waals surface area contributed by atoms with E-state index in [9.17, 15) is 9.18 Å². The van der Waals surface area contributed by atoms with Crippen molar-refractivity contribution in [2.24, 2.45) is 0 Å². The number of ether oxygens (including phenoxy) is 1. The Bertz CT molecular complexity index is 571. The van der Waals surface area contributed by atoms with Crippen molar-refractivity contribution in [2.45, 2.75) is 13.0 Å². The molecular weight excluding hydrogens is 317 g/mol. The van der Waals surface area contributed by atoms with Gasteiger partial charge in [-0.3, -0.25) is 4.79 Å². The summed E-state index contributed by atoms with van der Waals surface area (Å²) >= 11 is 3.14. The summed E-state index contributed by atoms with van der Waals surface area (Å²) in [5.41, 5.74) is 0.772. The van der Waals surface area contributed by atoms with Crippen LogP contribution in [0.3, 0.4) is 0 Å². The van der Waals surface area contributed by atoms with E-state index in [-0.39, 0.29) is 24.8 Å². The van der Waals surface area contributed by atoms with Crippen LogP contribution in [0.5, 0.6) is 0 Å². The zero-order valence-corrected chi connectivity index (χ0v) is 11.5. The summed E-state index contributed by atoms with van der Waals surface area (Å²) in [4.78, 5) is 11.2. The Morgan fingerprint density at radius 2 is 2.21 bits per heavy atom. The summed E-state index contributed by atoms with van der Waals surface area (Å²) in [5, 5.41) is 4.28. The Morgan fingerprint density at radius 3 is 2.95 bits per heavy atom. The highest BCUT2D eigenvalue weighted by atomic mass is 79.9. The second kappa shape index (κ2) is 6.47. The molecule has 1 aromatic heterocycles. The van der Waals surface area contributed by atoms with Crippen molar-refractivity contribution >= 4 is 21.9 Å². The predicted molar refractivity (Wildman–Crippen MR) is 70.1 cm³/mol. The van der Waals surface area contributed by atoms with Crippen molar-refractivity contribution in [3.63, 3.8) is 0 Å². The number of hydrogen-bond donors (Lipinski definition) is 0. The molecule has 2 aromatic rings. The van der Waals surface area contributed by atoms with E-state index >= 15 is 0 Å². The van der Waals surface area contributed by atoms with E-state index in [2.05, 4.69) is 21.1 Å². The van der Waals surface area contributed by atoms with E-state index in [1.165, 1.54) is 6.07 Å². The zero-order valence-electron chi connectivity index (χ0n) is 9.94. The number of carbonyl (C=O) groups excluding carboxylic acids is 1. The first-order valence-electron chi connectivity index (χ1n) is 5.63. The minimum Gasteiger partial charge on any atom is -0.459 e. The highest BCUT2D eigenvalue weighted by molar-refractivity contribution is 9.09. The summed E-state index contributed by atoms with van der Waals surface area (Å²) in [5.74, 6) is -0.404. The molecular formula is C13H11BrFNO3. The highest BCUT2D eigenvalue weighted by Gasteiger charge is 2.11. The molecule has 0 bridgehead atoms. The quantitative estimate of drug-likeness (QED) is 0.624. The number of rotatable bonds is 5. The molecule has 19 heavy (non-hydrogen) atoms. The topological polar surface area (TPSA) is 52.3 Å². The third-order valence-electron chi connectivity index (χ3n) is 2.38. The van der Waals surface area contributed by atoms with Crippen LogP contribution in [0, 0.1) is 5.82 Å². The van der Waals surface area contributed by atoms with Gasteiger partial charge in [0, 0.05) is 11.4 Å². The van der Waals surface area contributed by atoms with Gasteiger partial charge in [-0.25, -0.2) is 4.39 Å². The molecule has 0 N–H and O–H groups in total. The van der Waals surface area contributed by atoms with Gasteiger partial charge in [-0.2, -0.15) is 0 Å². The molecule has 0 fully saturated rings. The van der Waals surface area contributed by atoms with Gasteiger partial charge in [0.05, 0.1) is 12.0 Å². The largest absolute Gasteiger partial charge is 0.459 e. The molecule has 4 nitrogen and oxygen atoms in total. The molecule has 0 atom stereocenters. The zero-order chi connectivity index (χ0) is 13.7. The molecule has 6 heteroatoms. The van der Waals surface area contributed by atoms with Crippen LogP contribution in [0.4, 0.5) is 4.39 Å². The fourth-order valence-electron chi connectivity index (χ4n) is 1.47. The molecule has 0 saturated carbocycles. The number of nitrogens with zero attached hydrogens (tertiary/aromatic N) is 1. The number of carbonyl (C=O) groups is 1. The number of hydrogen-bond acceptors (Lipinski definition) is 4. The molecule has 0 aliphatic carbocycles. The van der Waals surface area contributed by atoms with E-state index < -0.39 is 0 Å². The number of alkyl halides is 1. The van der Waals surface area contributed by atoms with E-state index in [0.717, 1.165) is 0 Å². The molecule has 0 amide bonds. The first kappa shape index (κ1) is 13.7. The summed E-state index contributed by atoms with van der Waals surface area (Å²) < 4.78 is 23.5. The molecule has 1 aromatic carbocycles. The molecule has 2 rings (SSSR count). The Balaban J connectivity index is 2.04. The van der Waals surface area contributed by atoms with E-state index in [1.807, 2.05) is 0 Å². The number of esters is 1. The van der Waals surface area contributed by atoms with Gasteiger partial charge in [-0.15, -0.1) is 0 Å². The Kier molecular flexibility index (Phi) is 4.68. The maximum Gasteiger partial charge on any atom is 0.307 e. The normalized spacial score (nSPS) is 10.4. The van der Waals surface area contributed by atoms with Gasteiger partial charge in [0.25, 0.3) is 0 Å². The third-order valence-corrected chi connectivity index (χ3v) is 2.77. The monoisotopic (exact) mass is 327 g/mol. The average Bonchev–Trinajstić information content (AvgIpc) is 2.86. The van der Waals surface area contributed by atoms with Crippen LogP contribution < -0.4 is 0 Å². The van der Waals surface area contributed by atoms with Crippen molar-refractivity contribution in [1.29, 1.82) is 0 Å². The minimum absolute atomic E-state index is 0.0176. The summed E-state index contributed by atoms with van der Waals surface area (Å²) in [7, 11) is 0. The van der Waals surface area contributed by atoms with Gasteiger partial charge in [-0.05, 0) is 12.1 Å². The molecule has 0 unspecified atom stereocenters. The van der Waals surface area contributed by atoms with Gasteiger partial charge in [0.2, 0.25) is 0 Å². The molecule has 0 aliphatic rings. The molecule has 100 valence electrons. The fraction of sp³-hybridized carbons (Fsp3) is 0.231. The summed E-state index contributed by atoms with van der Waals surface area (Å²) in [6, 6.07) is 7.79.